The van der Waals surface area contributed by atoms with Crippen molar-refractivity contribution in [3.63, 3.8) is 0 Å². The molecule has 17 nitrogen and oxygen atoms in total. The van der Waals surface area contributed by atoms with Crippen LogP contribution in [0, 0.1) is 11.8 Å². The summed E-state index contributed by atoms with van der Waals surface area (Å²) in [4.78, 5) is 72.3. The number of unbranched alkanes of at least 4 members (excludes halogenated alkanes) is 37. The molecule has 0 aliphatic heterocycles. The van der Waals surface area contributed by atoms with Gasteiger partial charge in [-0.15, -0.1) is 0 Å². The maximum atomic E-state index is 13.0. The third-order valence-electron chi connectivity index (χ3n) is 15.7. The standard InChI is InChI=1S/C68H132O17P2/c1-7-9-11-13-15-25-32-38-44-50-65(70)78-56-63(84-67(72)52-46-40-33-26-16-14-12-10-8-2)58-82-86(74,75)80-54-62(69)55-81-87(76,77)83-59-64(57-79-66(71)51-45-39-35-29-31-37-43-49-61(5)6)85-68(73)53-47-41-34-28-24-22-20-18-17-19-21-23-27-30-36-42-48-60(3)4/h60-64,69H,7-59H2,1-6H3,(H,74,75)(H,76,77)/t62-,63+,64+/m0/s1. The molecule has 19 heteroatoms. The third kappa shape index (κ3) is 62.6. The van der Waals surface area contributed by atoms with E-state index in [0.717, 1.165) is 102 Å². The topological polar surface area (TPSA) is 237 Å². The molecule has 0 saturated heterocycles. The summed E-state index contributed by atoms with van der Waals surface area (Å²) in [6.07, 6.45) is 44.6. The zero-order valence-electron chi connectivity index (χ0n) is 56.3. The van der Waals surface area contributed by atoms with Gasteiger partial charge in [0.1, 0.15) is 19.3 Å². The molecule has 0 spiro atoms. The Bertz CT molecular complexity index is 1700. The summed E-state index contributed by atoms with van der Waals surface area (Å²) in [5, 5.41) is 10.5. The summed E-state index contributed by atoms with van der Waals surface area (Å²) in [5.41, 5.74) is 0. The van der Waals surface area contributed by atoms with Crippen LogP contribution in [0.15, 0.2) is 0 Å². The number of carbonyl (C=O) groups is 4. The van der Waals surface area contributed by atoms with Gasteiger partial charge in [-0.25, -0.2) is 9.13 Å². The molecule has 5 atom stereocenters. The van der Waals surface area contributed by atoms with Gasteiger partial charge in [-0.2, -0.15) is 0 Å². The Morgan fingerprint density at radius 1 is 0.310 bits per heavy atom. The molecular formula is C68H132O17P2. The molecule has 2 unspecified atom stereocenters. The number of esters is 4. The van der Waals surface area contributed by atoms with Crippen molar-refractivity contribution in [2.24, 2.45) is 11.8 Å². The first-order chi connectivity index (χ1) is 41.9. The normalized spacial score (nSPS) is 14.2. The number of rotatable bonds is 67. The van der Waals surface area contributed by atoms with Gasteiger partial charge >= 0.3 is 39.5 Å². The van der Waals surface area contributed by atoms with Crippen LogP contribution < -0.4 is 0 Å². The van der Waals surface area contributed by atoms with E-state index in [1.807, 2.05) is 0 Å². The SMILES string of the molecule is CCCCCCCCCCCC(=O)OC[C@H](COP(=O)(O)OC[C@H](O)COP(=O)(O)OC[C@@H](COC(=O)CCCCCCCCCC(C)C)OC(=O)CCCCCCCCCCCCCCCCCCC(C)C)OC(=O)CCCCCCCCCCC. The van der Waals surface area contributed by atoms with Crippen molar-refractivity contribution in [3.8, 4) is 0 Å². The quantitative estimate of drug-likeness (QED) is 0.0222. The Kier molecular flexibility index (Phi) is 59.0. The van der Waals surface area contributed by atoms with Gasteiger partial charge < -0.3 is 33.8 Å². The van der Waals surface area contributed by atoms with Crippen molar-refractivity contribution in [3.05, 3.63) is 0 Å². The second-order valence-electron chi connectivity index (χ2n) is 25.5. The fourth-order valence-corrected chi connectivity index (χ4v) is 11.8. The number of aliphatic hydroxyl groups is 1. The highest BCUT2D eigenvalue weighted by atomic mass is 31.2. The Balaban J connectivity index is 5.16. The minimum atomic E-state index is -4.95. The molecule has 0 rings (SSSR count). The molecule has 0 radical (unpaired) electrons. The first-order valence-corrected chi connectivity index (χ1v) is 38.5. The van der Waals surface area contributed by atoms with E-state index < -0.39 is 97.5 Å². The molecule has 0 aliphatic carbocycles. The summed E-state index contributed by atoms with van der Waals surface area (Å²) < 4.78 is 68.1. The van der Waals surface area contributed by atoms with Crippen molar-refractivity contribution in [2.75, 3.05) is 39.6 Å². The molecule has 516 valence electrons. The van der Waals surface area contributed by atoms with E-state index in [0.29, 0.717) is 31.6 Å². The molecule has 0 saturated carbocycles. The molecule has 0 heterocycles. The van der Waals surface area contributed by atoms with E-state index in [9.17, 15) is 43.2 Å². The number of hydrogen-bond acceptors (Lipinski definition) is 15. The Labute approximate surface area is 530 Å². The molecule has 3 N–H and O–H groups in total. The van der Waals surface area contributed by atoms with Gasteiger partial charge in [0.05, 0.1) is 26.4 Å². The van der Waals surface area contributed by atoms with Gasteiger partial charge in [-0.3, -0.25) is 37.3 Å². The third-order valence-corrected chi connectivity index (χ3v) is 17.6. The summed E-state index contributed by atoms with van der Waals surface area (Å²) in [5.74, 6) is -0.617. The highest BCUT2D eigenvalue weighted by Gasteiger charge is 2.30. The molecule has 0 fully saturated rings. The van der Waals surface area contributed by atoms with Crippen molar-refractivity contribution in [2.45, 2.75) is 362 Å². The number of ether oxygens (including phenoxy) is 4. The lowest BCUT2D eigenvalue weighted by Gasteiger charge is -2.21. The number of carbonyl (C=O) groups excluding carboxylic acids is 4. The van der Waals surface area contributed by atoms with Crippen LogP contribution in [0.1, 0.15) is 343 Å². The van der Waals surface area contributed by atoms with Crippen LogP contribution in [0.3, 0.4) is 0 Å². The Morgan fingerprint density at radius 2 is 0.529 bits per heavy atom. The molecule has 0 aromatic rings. The molecule has 87 heavy (non-hydrogen) atoms. The van der Waals surface area contributed by atoms with Crippen molar-refractivity contribution in [1.82, 2.24) is 0 Å². The lowest BCUT2D eigenvalue weighted by molar-refractivity contribution is -0.161. The van der Waals surface area contributed by atoms with E-state index in [2.05, 4.69) is 41.5 Å². The first kappa shape index (κ1) is 85.1. The lowest BCUT2D eigenvalue weighted by Crippen LogP contribution is -2.30. The highest BCUT2D eigenvalue weighted by Crippen LogP contribution is 2.45. The lowest BCUT2D eigenvalue weighted by atomic mass is 10.0. The van der Waals surface area contributed by atoms with Crippen molar-refractivity contribution >= 4 is 39.5 Å². The van der Waals surface area contributed by atoms with Crippen LogP contribution in [-0.2, 0) is 65.4 Å². The van der Waals surface area contributed by atoms with Crippen LogP contribution in [0.25, 0.3) is 0 Å². The van der Waals surface area contributed by atoms with Crippen LogP contribution in [-0.4, -0.2) is 96.7 Å². The van der Waals surface area contributed by atoms with Gasteiger partial charge in [0.25, 0.3) is 0 Å². The predicted molar refractivity (Wildman–Crippen MR) is 349 cm³/mol. The summed E-state index contributed by atoms with van der Waals surface area (Å²) in [6.45, 7) is 9.47. The van der Waals surface area contributed by atoms with Crippen LogP contribution in [0.2, 0.25) is 0 Å². The molecule has 0 aliphatic rings. The minimum Gasteiger partial charge on any atom is -0.462 e. The molecular weight excluding hydrogens is 1150 g/mol. The van der Waals surface area contributed by atoms with Crippen LogP contribution in [0.4, 0.5) is 0 Å². The first-order valence-electron chi connectivity index (χ1n) is 35.5. The van der Waals surface area contributed by atoms with E-state index in [1.54, 1.807) is 0 Å². The fourth-order valence-electron chi connectivity index (χ4n) is 10.2. The smallest absolute Gasteiger partial charge is 0.462 e. The highest BCUT2D eigenvalue weighted by molar-refractivity contribution is 7.47. The second-order valence-corrected chi connectivity index (χ2v) is 28.4. The Hall–Kier alpha value is -1.94. The largest absolute Gasteiger partial charge is 0.472 e. The maximum absolute atomic E-state index is 13.0. The fraction of sp³-hybridized carbons (Fsp3) is 0.941. The maximum Gasteiger partial charge on any atom is 0.472 e. The second kappa shape index (κ2) is 60.3. The van der Waals surface area contributed by atoms with Crippen molar-refractivity contribution < 1.29 is 80.2 Å². The summed E-state index contributed by atoms with van der Waals surface area (Å²) >= 11 is 0. The van der Waals surface area contributed by atoms with E-state index >= 15 is 0 Å². The van der Waals surface area contributed by atoms with Gasteiger partial charge in [0.2, 0.25) is 0 Å². The van der Waals surface area contributed by atoms with Crippen LogP contribution >= 0.6 is 15.6 Å². The zero-order chi connectivity index (χ0) is 64.3. The molecule has 0 aromatic heterocycles. The monoisotopic (exact) mass is 1280 g/mol. The van der Waals surface area contributed by atoms with E-state index in [-0.39, 0.29) is 25.7 Å². The number of phosphoric acid groups is 2. The molecule has 0 bridgehead atoms. The Morgan fingerprint density at radius 3 is 0.782 bits per heavy atom. The molecule has 0 aromatic carbocycles. The zero-order valence-corrected chi connectivity index (χ0v) is 58.1. The minimum absolute atomic E-state index is 0.106. The number of aliphatic hydroxyl groups excluding tert-OH is 1. The number of hydrogen-bond donors (Lipinski definition) is 3. The van der Waals surface area contributed by atoms with E-state index in [4.69, 9.17) is 37.0 Å². The number of phosphoric ester groups is 2. The summed E-state index contributed by atoms with van der Waals surface area (Å²) in [7, 11) is -9.89. The van der Waals surface area contributed by atoms with Gasteiger partial charge in [0, 0.05) is 25.7 Å². The summed E-state index contributed by atoms with van der Waals surface area (Å²) in [6, 6.07) is 0. The van der Waals surface area contributed by atoms with Crippen LogP contribution in [0.5, 0.6) is 0 Å². The van der Waals surface area contributed by atoms with E-state index in [1.165, 1.54) is 154 Å². The van der Waals surface area contributed by atoms with Gasteiger partial charge in [-0.1, -0.05) is 292 Å². The van der Waals surface area contributed by atoms with Gasteiger partial charge in [0.15, 0.2) is 12.2 Å². The van der Waals surface area contributed by atoms with Crippen molar-refractivity contribution in [1.29, 1.82) is 0 Å². The average Bonchev–Trinajstić information content (AvgIpc) is 3.60. The predicted octanol–water partition coefficient (Wildman–Crippen LogP) is 19.2. The molecule has 0 amide bonds. The average molecular weight is 1280 g/mol. The van der Waals surface area contributed by atoms with Gasteiger partial charge in [-0.05, 0) is 37.5 Å².